The number of amides is 2. The fourth-order valence-corrected chi connectivity index (χ4v) is 3.68. The maximum absolute atomic E-state index is 12.7. The Morgan fingerprint density at radius 1 is 1.31 bits per heavy atom. The fraction of sp³-hybridized carbons (Fsp3) is 0.400. The van der Waals surface area contributed by atoms with Gasteiger partial charge in [-0.15, -0.1) is 0 Å². The number of H-pyrrole nitrogens is 1. The van der Waals surface area contributed by atoms with Crippen molar-refractivity contribution in [2.75, 3.05) is 20.2 Å². The predicted octanol–water partition coefficient (Wildman–Crippen LogP) is 2.46. The summed E-state index contributed by atoms with van der Waals surface area (Å²) in [6.07, 6.45) is 4.69. The zero-order valence-corrected chi connectivity index (χ0v) is 15.0. The first-order valence-electron chi connectivity index (χ1n) is 8.97. The summed E-state index contributed by atoms with van der Waals surface area (Å²) in [6.45, 7) is 1.37. The molecular formula is C20H25N3O3. The molecule has 0 saturated carbocycles. The summed E-state index contributed by atoms with van der Waals surface area (Å²) in [6, 6.07) is 9.48. The summed E-state index contributed by atoms with van der Waals surface area (Å²) in [5.41, 5.74) is 7.86. The molecule has 1 aromatic carbocycles. The van der Waals surface area contributed by atoms with Gasteiger partial charge in [0.2, 0.25) is 5.91 Å². The van der Waals surface area contributed by atoms with E-state index in [2.05, 4.69) is 4.98 Å². The van der Waals surface area contributed by atoms with Crippen LogP contribution < -0.4 is 10.5 Å². The summed E-state index contributed by atoms with van der Waals surface area (Å²) in [5.74, 6) is 0.638. The van der Waals surface area contributed by atoms with Crippen LogP contribution in [-0.4, -0.2) is 41.9 Å². The van der Waals surface area contributed by atoms with E-state index in [1.807, 2.05) is 29.2 Å². The van der Waals surface area contributed by atoms with Crippen LogP contribution in [-0.2, 0) is 11.2 Å². The number of aryl methyl sites for hydroxylation is 1. The molecular weight excluding hydrogens is 330 g/mol. The molecule has 3 rings (SSSR count). The lowest BCUT2D eigenvalue weighted by atomic mass is 9.92. The van der Waals surface area contributed by atoms with Crippen LogP contribution in [0.1, 0.15) is 46.8 Å². The molecule has 0 bridgehead atoms. The molecule has 2 amide bonds. The number of carbonyl (C=O) groups excluding carboxylic acids is 2. The molecule has 0 aliphatic carbocycles. The van der Waals surface area contributed by atoms with Crippen molar-refractivity contribution in [3.63, 3.8) is 0 Å². The lowest BCUT2D eigenvalue weighted by molar-refractivity contribution is -0.132. The maximum atomic E-state index is 12.7. The van der Waals surface area contributed by atoms with Gasteiger partial charge in [-0.05, 0) is 37.0 Å². The Morgan fingerprint density at radius 2 is 2.12 bits per heavy atom. The highest BCUT2D eigenvalue weighted by molar-refractivity contribution is 5.94. The second-order valence-electron chi connectivity index (χ2n) is 6.66. The van der Waals surface area contributed by atoms with Crippen LogP contribution in [0.25, 0.3) is 0 Å². The van der Waals surface area contributed by atoms with E-state index >= 15 is 0 Å². The van der Waals surface area contributed by atoms with Crippen LogP contribution >= 0.6 is 0 Å². The number of aromatic amines is 1. The van der Waals surface area contributed by atoms with Gasteiger partial charge in [0.1, 0.15) is 5.75 Å². The van der Waals surface area contributed by atoms with E-state index in [-0.39, 0.29) is 11.8 Å². The third-order valence-electron chi connectivity index (χ3n) is 5.03. The lowest BCUT2D eigenvalue weighted by Crippen LogP contribution is -2.39. The molecule has 2 aromatic rings. The summed E-state index contributed by atoms with van der Waals surface area (Å²) < 4.78 is 5.35. The van der Waals surface area contributed by atoms with Gasteiger partial charge >= 0.3 is 0 Å². The smallest absolute Gasteiger partial charge is 0.250 e. The van der Waals surface area contributed by atoms with Gasteiger partial charge in [0.05, 0.1) is 12.7 Å². The van der Waals surface area contributed by atoms with Crippen molar-refractivity contribution in [1.29, 1.82) is 0 Å². The predicted molar refractivity (Wildman–Crippen MR) is 99.2 cm³/mol. The fourth-order valence-electron chi connectivity index (χ4n) is 3.68. The van der Waals surface area contributed by atoms with E-state index < -0.39 is 5.91 Å². The number of ether oxygens (including phenoxy) is 1. The molecule has 138 valence electrons. The number of likely N-dealkylation sites (tertiary alicyclic amines) is 1. The number of aromatic nitrogens is 1. The van der Waals surface area contributed by atoms with Crippen molar-refractivity contribution in [2.24, 2.45) is 5.73 Å². The summed E-state index contributed by atoms with van der Waals surface area (Å²) in [5, 5.41) is 0. The van der Waals surface area contributed by atoms with E-state index in [4.69, 9.17) is 10.5 Å². The van der Waals surface area contributed by atoms with Gasteiger partial charge in [0.25, 0.3) is 5.91 Å². The number of nitrogens with two attached hydrogens (primary N) is 1. The highest BCUT2D eigenvalue weighted by Gasteiger charge is 2.27. The Kier molecular flexibility index (Phi) is 5.61. The monoisotopic (exact) mass is 355 g/mol. The molecule has 26 heavy (non-hydrogen) atoms. The minimum absolute atomic E-state index is 0.122. The Bertz CT molecular complexity index is 784. The molecule has 3 N–H and O–H groups in total. The number of piperidine rings is 1. The first-order valence-corrected chi connectivity index (χ1v) is 8.97. The molecule has 1 saturated heterocycles. The Balaban J connectivity index is 1.63. The molecule has 0 radical (unpaired) electrons. The number of carbonyl (C=O) groups is 2. The molecule has 1 aromatic heterocycles. The SMILES string of the molecule is COc1ccccc1CCC(=O)N1CCCC(c2[nH]ccc2C(N)=O)C1. The first-order chi connectivity index (χ1) is 12.6. The number of hydrogen-bond acceptors (Lipinski definition) is 3. The molecule has 6 heteroatoms. The number of methoxy groups -OCH3 is 1. The molecule has 1 unspecified atom stereocenters. The summed E-state index contributed by atoms with van der Waals surface area (Å²) >= 11 is 0. The topological polar surface area (TPSA) is 88.4 Å². The molecule has 1 aliphatic rings. The normalized spacial score (nSPS) is 17.1. The van der Waals surface area contributed by atoms with Crippen molar-refractivity contribution in [3.05, 3.63) is 53.3 Å². The summed E-state index contributed by atoms with van der Waals surface area (Å²) in [7, 11) is 1.64. The second-order valence-corrected chi connectivity index (χ2v) is 6.66. The molecule has 1 fully saturated rings. The third kappa shape index (κ3) is 3.90. The molecule has 1 atom stereocenters. The van der Waals surface area contributed by atoms with E-state index in [9.17, 15) is 9.59 Å². The molecule has 0 spiro atoms. The van der Waals surface area contributed by atoms with Crippen LogP contribution in [0.5, 0.6) is 5.75 Å². The molecule has 1 aliphatic heterocycles. The number of primary amides is 1. The van der Waals surface area contributed by atoms with Crippen molar-refractivity contribution in [3.8, 4) is 5.75 Å². The Hall–Kier alpha value is -2.76. The van der Waals surface area contributed by atoms with Crippen LogP contribution in [0.15, 0.2) is 36.5 Å². The molecule has 6 nitrogen and oxygen atoms in total. The van der Waals surface area contributed by atoms with E-state index in [1.54, 1.807) is 19.4 Å². The zero-order valence-electron chi connectivity index (χ0n) is 15.0. The van der Waals surface area contributed by atoms with Gasteiger partial charge in [0, 0.05) is 37.3 Å². The summed E-state index contributed by atoms with van der Waals surface area (Å²) in [4.78, 5) is 29.3. The average molecular weight is 355 g/mol. The van der Waals surface area contributed by atoms with E-state index in [0.29, 0.717) is 24.9 Å². The van der Waals surface area contributed by atoms with Gasteiger partial charge in [-0.2, -0.15) is 0 Å². The van der Waals surface area contributed by atoms with Crippen molar-refractivity contribution in [2.45, 2.75) is 31.6 Å². The van der Waals surface area contributed by atoms with Gasteiger partial charge in [-0.25, -0.2) is 0 Å². The number of rotatable bonds is 6. The average Bonchev–Trinajstić information content (AvgIpc) is 3.16. The largest absolute Gasteiger partial charge is 0.496 e. The highest BCUT2D eigenvalue weighted by atomic mass is 16.5. The minimum atomic E-state index is -0.430. The van der Waals surface area contributed by atoms with Crippen LogP contribution in [0.4, 0.5) is 0 Å². The number of para-hydroxylation sites is 1. The lowest BCUT2D eigenvalue weighted by Gasteiger charge is -2.33. The number of nitrogens with zero attached hydrogens (tertiary/aromatic N) is 1. The maximum Gasteiger partial charge on any atom is 0.250 e. The standard InChI is InChI=1S/C20H25N3O3/c1-26-17-7-3-2-5-14(17)8-9-18(24)23-12-4-6-15(13-23)19-16(20(21)25)10-11-22-19/h2-3,5,7,10-11,15,22H,4,6,8-9,12-13H2,1H3,(H2,21,25). The van der Waals surface area contributed by atoms with Crippen LogP contribution in [0.3, 0.4) is 0 Å². The van der Waals surface area contributed by atoms with Crippen LogP contribution in [0, 0.1) is 0 Å². The number of benzene rings is 1. The van der Waals surface area contributed by atoms with Gasteiger partial charge in [-0.1, -0.05) is 18.2 Å². The van der Waals surface area contributed by atoms with Gasteiger partial charge < -0.3 is 20.4 Å². The first kappa shape index (κ1) is 18.0. The van der Waals surface area contributed by atoms with E-state index in [0.717, 1.165) is 36.4 Å². The van der Waals surface area contributed by atoms with Gasteiger partial charge in [-0.3, -0.25) is 9.59 Å². The second kappa shape index (κ2) is 8.08. The van der Waals surface area contributed by atoms with Crippen molar-refractivity contribution >= 4 is 11.8 Å². The Morgan fingerprint density at radius 3 is 2.88 bits per heavy atom. The minimum Gasteiger partial charge on any atom is -0.496 e. The quantitative estimate of drug-likeness (QED) is 0.834. The van der Waals surface area contributed by atoms with Gasteiger partial charge in [0.15, 0.2) is 0 Å². The van der Waals surface area contributed by atoms with Crippen molar-refractivity contribution in [1.82, 2.24) is 9.88 Å². The highest BCUT2D eigenvalue weighted by Crippen LogP contribution is 2.29. The van der Waals surface area contributed by atoms with E-state index in [1.165, 1.54) is 0 Å². The Labute approximate surface area is 153 Å². The van der Waals surface area contributed by atoms with Crippen molar-refractivity contribution < 1.29 is 14.3 Å². The number of hydrogen-bond donors (Lipinski definition) is 2. The third-order valence-corrected chi connectivity index (χ3v) is 5.03. The molecule has 2 heterocycles. The number of nitrogens with one attached hydrogen (secondary N) is 1. The zero-order chi connectivity index (χ0) is 18.5. The van der Waals surface area contributed by atoms with Crippen LogP contribution in [0.2, 0.25) is 0 Å².